The van der Waals surface area contributed by atoms with Gasteiger partial charge in [-0.3, -0.25) is 4.79 Å². The molecular formula is C18H25NO3S. The van der Waals surface area contributed by atoms with Crippen LogP contribution in [-0.4, -0.2) is 29.5 Å². The van der Waals surface area contributed by atoms with Gasteiger partial charge in [-0.25, -0.2) is 4.79 Å². The summed E-state index contributed by atoms with van der Waals surface area (Å²) in [6.45, 7) is 6.20. The Bertz CT molecular complexity index is 526. The monoisotopic (exact) mass is 335 g/mol. The molecule has 1 unspecified atom stereocenters. The number of carbonyl (C=O) groups excluding carboxylic acids is 2. The van der Waals surface area contributed by atoms with E-state index in [1.807, 2.05) is 31.2 Å². The van der Waals surface area contributed by atoms with Gasteiger partial charge < -0.3 is 10.1 Å². The summed E-state index contributed by atoms with van der Waals surface area (Å²) in [5.74, 6) is 0.659. The third-order valence-electron chi connectivity index (χ3n) is 3.11. The van der Waals surface area contributed by atoms with Crippen LogP contribution in [0.25, 0.3) is 6.08 Å². The summed E-state index contributed by atoms with van der Waals surface area (Å²) >= 11 is 1.67. The van der Waals surface area contributed by atoms with Gasteiger partial charge in [-0.2, -0.15) is 0 Å². The molecule has 0 aromatic heterocycles. The topological polar surface area (TPSA) is 55.4 Å². The number of benzene rings is 1. The lowest BCUT2D eigenvalue weighted by atomic mass is 10.2. The second kappa shape index (κ2) is 10.9. The number of esters is 1. The number of anilines is 1. The van der Waals surface area contributed by atoms with Crippen molar-refractivity contribution in [3.8, 4) is 0 Å². The van der Waals surface area contributed by atoms with Crippen LogP contribution in [-0.2, 0) is 14.3 Å². The molecule has 5 heteroatoms. The van der Waals surface area contributed by atoms with E-state index in [0.29, 0.717) is 6.61 Å². The number of thioether (sulfide) groups is 1. The molecule has 1 amide bonds. The fraction of sp³-hybridized carbons (Fsp3) is 0.444. The van der Waals surface area contributed by atoms with Crippen LogP contribution in [0.5, 0.6) is 0 Å². The summed E-state index contributed by atoms with van der Waals surface area (Å²) < 4.78 is 4.82. The van der Waals surface area contributed by atoms with E-state index in [0.717, 1.165) is 29.8 Å². The minimum absolute atomic E-state index is 0.0147. The van der Waals surface area contributed by atoms with Crippen molar-refractivity contribution in [2.24, 2.45) is 0 Å². The molecule has 126 valence electrons. The van der Waals surface area contributed by atoms with Crippen molar-refractivity contribution < 1.29 is 14.3 Å². The van der Waals surface area contributed by atoms with Crippen molar-refractivity contribution in [3.63, 3.8) is 0 Å². The van der Waals surface area contributed by atoms with Gasteiger partial charge in [0.2, 0.25) is 5.91 Å². The Morgan fingerprint density at radius 2 is 1.96 bits per heavy atom. The molecule has 1 atom stereocenters. The molecule has 0 saturated carbocycles. The van der Waals surface area contributed by atoms with Crippen LogP contribution >= 0.6 is 11.8 Å². The minimum Gasteiger partial charge on any atom is -0.463 e. The molecule has 0 heterocycles. The molecule has 23 heavy (non-hydrogen) atoms. The van der Waals surface area contributed by atoms with E-state index in [-0.39, 0.29) is 17.1 Å². The third kappa shape index (κ3) is 7.88. The molecule has 0 saturated heterocycles. The van der Waals surface area contributed by atoms with Crippen LogP contribution in [0.3, 0.4) is 0 Å². The van der Waals surface area contributed by atoms with Gasteiger partial charge in [0, 0.05) is 11.8 Å². The van der Waals surface area contributed by atoms with Gasteiger partial charge in [-0.1, -0.05) is 25.5 Å². The molecular weight excluding hydrogens is 310 g/mol. The normalized spacial score (nSPS) is 12.1. The maximum Gasteiger partial charge on any atom is 0.330 e. The van der Waals surface area contributed by atoms with Gasteiger partial charge >= 0.3 is 5.97 Å². The van der Waals surface area contributed by atoms with Crippen molar-refractivity contribution in [3.05, 3.63) is 35.9 Å². The Balaban J connectivity index is 2.50. The second-order valence-corrected chi connectivity index (χ2v) is 6.51. The number of unbranched alkanes of at least 4 members (excludes halogenated alkanes) is 1. The average molecular weight is 335 g/mol. The summed E-state index contributed by atoms with van der Waals surface area (Å²) in [4.78, 5) is 23.3. The highest BCUT2D eigenvalue weighted by Gasteiger charge is 2.12. The zero-order valence-corrected chi connectivity index (χ0v) is 14.8. The summed E-state index contributed by atoms with van der Waals surface area (Å²) in [6.07, 6.45) is 5.35. The fourth-order valence-electron chi connectivity index (χ4n) is 1.76. The Kier molecular flexibility index (Phi) is 9.14. The van der Waals surface area contributed by atoms with Crippen LogP contribution in [0.4, 0.5) is 5.69 Å². The lowest BCUT2D eigenvalue weighted by molar-refractivity contribution is -0.137. The zero-order valence-electron chi connectivity index (χ0n) is 14.0. The molecule has 0 fully saturated rings. The highest BCUT2D eigenvalue weighted by Crippen LogP contribution is 2.16. The number of ether oxygens (including phenoxy) is 1. The fourth-order valence-corrected chi connectivity index (χ4v) is 2.78. The molecule has 4 nitrogen and oxygen atoms in total. The van der Waals surface area contributed by atoms with E-state index in [2.05, 4.69) is 12.2 Å². The van der Waals surface area contributed by atoms with Gasteiger partial charge in [0.1, 0.15) is 0 Å². The smallest absolute Gasteiger partial charge is 0.330 e. The first-order chi connectivity index (χ1) is 11.1. The van der Waals surface area contributed by atoms with E-state index in [1.54, 1.807) is 24.8 Å². The Labute approximate surface area is 142 Å². The van der Waals surface area contributed by atoms with Gasteiger partial charge in [0.15, 0.2) is 0 Å². The number of hydrogen-bond acceptors (Lipinski definition) is 4. The predicted molar refractivity (Wildman–Crippen MR) is 97.6 cm³/mol. The van der Waals surface area contributed by atoms with Crippen molar-refractivity contribution in [2.45, 2.75) is 38.9 Å². The third-order valence-corrected chi connectivity index (χ3v) is 4.35. The Morgan fingerprint density at radius 3 is 2.57 bits per heavy atom. The average Bonchev–Trinajstić information content (AvgIpc) is 2.54. The van der Waals surface area contributed by atoms with Crippen molar-refractivity contribution >= 4 is 35.4 Å². The maximum atomic E-state index is 12.1. The van der Waals surface area contributed by atoms with E-state index in [9.17, 15) is 9.59 Å². The van der Waals surface area contributed by atoms with E-state index >= 15 is 0 Å². The molecule has 0 aliphatic carbocycles. The summed E-state index contributed by atoms with van der Waals surface area (Å²) in [5, 5.41) is 2.84. The number of rotatable bonds is 9. The highest BCUT2D eigenvalue weighted by atomic mass is 32.2. The Morgan fingerprint density at radius 1 is 1.26 bits per heavy atom. The van der Waals surface area contributed by atoms with Gasteiger partial charge in [0.25, 0.3) is 0 Å². The van der Waals surface area contributed by atoms with Gasteiger partial charge in [0.05, 0.1) is 11.9 Å². The van der Waals surface area contributed by atoms with Crippen molar-refractivity contribution in [1.29, 1.82) is 0 Å². The lowest BCUT2D eigenvalue weighted by Gasteiger charge is -2.11. The first-order valence-electron chi connectivity index (χ1n) is 7.94. The molecule has 0 aliphatic rings. The largest absolute Gasteiger partial charge is 0.463 e. The zero-order chi connectivity index (χ0) is 17.1. The highest BCUT2D eigenvalue weighted by molar-refractivity contribution is 8.00. The molecule has 0 aliphatic heterocycles. The molecule has 1 aromatic carbocycles. The summed E-state index contributed by atoms with van der Waals surface area (Å²) in [5.41, 5.74) is 1.63. The van der Waals surface area contributed by atoms with E-state index in [4.69, 9.17) is 4.74 Å². The van der Waals surface area contributed by atoms with Gasteiger partial charge in [-0.05, 0) is 49.8 Å². The number of hydrogen-bond donors (Lipinski definition) is 1. The van der Waals surface area contributed by atoms with Crippen LogP contribution in [0.2, 0.25) is 0 Å². The molecule has 1 N–H and O–H groups in total. The molecule has 0 radical (unpaired) electrons. The van der Waals surface area contributed by atoms with Crippen LogP contribution in [0, 0.1) is 0 Å². The van der Waals surface area contributed by atoms with Crippen LogP contribution in [0.15, 0.2) is 30.3 Å². The molecule has 0 bridgehead atoms. The van der Waals surface area contributed by atoms with Crippen LogP contribution in [0.1, 0.15) is 39.2 Å². The van der Waals surface area contributed by atoms with Crippen LogP contribution < -0.4 is 5.32 Å². The number of amides is 1. The maximum absolute atomic E-state index is 12.1. The first-order valence-corrected chi connectivity index (χ1v) is 8.99. The predicted octanol–water partition coefficient (Wildman–Crippen LogP) is 4.12. The second-order valence-electron chi connectivity index (χ2n) is 5.06. The van der Waals surface area contributed by atoms with Crippen molar-refractivity contribution in [1.82, 2.24) is 0 Å². The SMILES string of the molecule is CCCCSC(C)C(=O)Nc1ccc(C=CC(=O)OCC)cc1. The van der Waals surface area contributed by atoms with E-state index < -0.39 is 0 Å². The Hall–Kier alpha value is -1.75. The molecule has 1 aromatic rings. The lowest BCUT2D eigenvalue weighted by Crippen LogP contribution is -2.22. The molecule has 1 rings (SSSR count). The first kappa shape index (κ1) is 19.3. The standard InChI is InChI=1S/C18H25NO3S/c1-4-6-13-23-14(3)18(21)19-16-10-7-15(8-11-16)9-12-17(20)22-5-2/h7-12,14H,4-6,13H2,1-3H3,(H,19,21). The number of carbonyl (C=O) groups is 2. The summed E-state index contributed by atoms with van der Waals surface area (Å²) in [7, 11) is 0. The van der Waals surface area contributed by atoms with Crippen molar-refractivity contribution in [2.75, 3.05) is 17.7 Å². The van der Waals surface area contributed by atoms with E-state index in [1.165, 1.54) is 6.08 Å². The summed E-state index contributed by atoms with van der Waals surface area (Å²) in [6, 6.07) is 7.35. The molecule has 0 spiro atoms. The minimum atomic E-state index is -0.359. The van der Waals surface area contributed by atoms with Gasteiger partial charge in [-0.15, -0.1) is 11.8 Å². The number of nitrogens with one attached hydrogen (secondary N) is 1. The quantitative estimate of drug-likeness (QED) is 0.419.